The number of hydrogen-bond acceptors (Lipinski definition) is 3. The monoisotopic (exact) mass is 371 g/mol. The molecule has 1 fully saturated rings. The van der Waals surface area contributed by atoms with E-state index >= 15 is 0 Å². The van der Waals surface area contributed by atoms with Gasteiger partial charge in [-0.3, -0.25) is 0 Å². The Morgan fingerprint density at radius 2 is 1.57 bits per heavy atom. The Balaban J connectivity index is 1.24. The second-order valence-electron chi connectivity index (χ2n) is 7.50. The van der Waals surface area contributed by atoms with Crippen LogP contribution < -0.4 is 0 Å². The minimum absolute atomic E-state index is 0.0829. The van der Waals surface area contributed by atoms with Gasteiger partial charge in [0.1, 0.15) is 12.4 Å². The maximum absolute atomic E-state index is 12.5. The lowest BCUT2D eigenvalue weighted by atomic mass is 9.92. The zero-order chi connectivity index (χ0) is 19.1. The lowest BCUT2D eigenvalue weighted by molar-refractivity contribution is 0.0695. The fourth-order valence-electron chi connectivity index (χ4n) is 4.30. The number of carbonyl (C=O) groups is 1. The molecule has 1 N–H and O–H groups in total. The van der Waals surface area contributed by atoms with Crippen molar-refractivity contribution in [2.75, 3.05) is 19.7 Å². The summed E-state index contributed by atoms with van der Waals surface area (Å²) < 4.78 is 5.69. The smallest absolute Gasteiger partial charge is 0.409 e. The average molecular weight is 371 g/mol. The van der Waals surface area contributed by atoms with Gasteiger partial charge in [0.2, 0.25) is 0 Å². The first kappa shape index (κ1) is 16.9. The molecule has 0 radical (unpaired) electrons. The van der Waals surface area contributed by atoms with E-state index in [1.807, 2.05) is 36.4 Å². The molecule has 5 rings (SSSR count). The fourth-order valence-corrected chi connectivity index (χ4v) is 4.30. The highest BCUT2D eigenvalue weighted by molar-refractivity contribution is 5.79. The topological polar surface area (TPSA) is 49.8 Å². The van der Waals surface area contributed by atoms with Gasteiger partial charge in [0.05, 0.1) is 0 Å². The Kier molecular flexibility index (Phi) is 4.05. The summed E-state index contributed by atoms with van der Waals surface area (Å²) in [5.74, 6) is 0.601. The normalized spacial score (nSPS) is 15.6. The van der Waals surface area contributed by atoms with Crippen molar-refractivity contribution < 1.29 is 14.6 Å². The molecule has 3 aromatic carbocycles. The molecule has 1 saturated heterocycles. The van der Waals surface area contributed by atoms with Crippen molar-refractivity contribution >= 4 is 6.09 Å². The SMILES string of the molecule is O=C(OCC1c2ccccc2-c2ccccc21)N1CC(c2cccc(O)c2)C1. The molecule has 1 aliphatic carbocycles. The Bertz CT molecular complexity index is 994. The Morgan fingerprint density at radius 3 is 2.21 bits per heavy atom. The summed E-state index contributed by atoms with van der Waals surface area (Å²) in [6.07, 6.45) is -0.265. The Hall–Kier alpha value is -3.27. The molecule has 0 saturated carbocycles. The number of fused-ring (bicyclic) bond motifs is 3. The molecule has 0 aromatic heterocycles. The molecule has 0 unspecified atom stereocenters. The second kappa shape index (κ2) is 6.71. The molecular weight excluding hydrogens is 350 g/mol. The van der Waals surface area contributed by atoms with Crippen LogP contribution in [0, 0.1) is 0 Å². The number of ether oxygens (including phenoxy) is 1. The van der Waals surface area contributed by atoms with Gasteiger partial charge in [0.15, 0.2) is 0 Å². The van der Waals surface area contributed by atoms with E-state index in [0.717, 1.165) is 5.56 Å². The third-order valence-electron chi connectivity index (χ3n) is 5.82. The average Bonchev–Trinajstić information content (AvgIpc) is 2.99. The molecule has 0 spiro atoms. The van der Waals surface area contributed by atoms with Gasteiger partial charge in [-0.1, -0.05) is 60.7 Å². The zero-order valence-corrected chi connectivity index (χ0v) is 15.4. The number of rotatable bonds is 3. The molecule has 3 aromatic rings. The first-order valence-corrected chi connectivity index (χ1v) is 9.59. The van der Waals surface area contributed by atoms with Crippen LogP contribution in [-0.2, 0) is 4.74 Å². The number of carbonyl (C=O) groups excluding carboxylic acids is 1. The number of phenols is 1. The number of benzene rings is 3. The van der Waals surface area contributed by atoms with Gasteiger partial charge in [-0.05, 0) is 39.9 Å². The van der Waals surface area contributed by atoms with Gasteiger partial charge in [-0.15, -0.1) is 0 Å². The van der Waals surface area contributed by atoms with E-state index in [0.29, 0.717) is 19.7 Å². The quantitative estimate of drug-likeness (QED) is 0.723. The summed E-state index contributed by atoms with van der Waals surface area (Å²) in [5, 5.41) is 9.62. The van der Waals surface area contributed by atoms with Crippen LogP contribution in [0.4, 0.5) is 4.79 Å². The van der Waals surface area contributed by atoms with E-state index in [9.17, 15) is 9.90 Å². The van der Waals surface area contributed by atoms with Gasteiger partial charge in [-0.25, -0.2) is 4.79 Å². The van der Waals surface area contributed by atoms with Crippen molar-refractivity contribution in [1.29, 1.82) is 0 Å². The highest BCUT2D eigenvalue weighted by Crippen LogP contribution is 2.44. The van der Waals surface area contributed by atoms with Crippen molar-refractivity contribution in [3.63, 3.8) is 0 Å². The number of hydrogen-bond donors (Lipinski definition) is 1. The van der Waals surface area contributed by atoms with Crippen LogP contribution in [0.5, 0.6) is 5.75 Å². The van der Waals surface area contributed by atoms with Crippen molar-refractivity contribution in [3.05, 3.63) is 89.5 Å². The first-order chi connectivity index (χ1) is 13.7. The molecule has 4 nitrogen and oxygen atoms in total. The van der Waals surface area contributed by atoms with Gasteiger partial charge < -0.3 is 14.7 Å². The molecule has 1 aliphatic heterocycles. The predicted molar refractivity (Wildman–Crippen MR) is 107 cm³/mol. The molecule has 0 atom stereocenters. The van der Waals surface area contributed by atoms with Crippen molar-refractivity contribution in [2.24, 2.45) is 0 Å². The maximum Gasteiger partial charge on any atom is 0.409 e. The molecule has 1 heterocycles. The fraction of sp³-hybridized carbons (Fsp3) is 0.208. The first-order valence-electron chi connectivity index (χ1n) is 9.59. The summed E-state index contributed by atoms with van der Waals surface area (Å²) in [4.78, 5) is 14.2. The van der Waals surface area contributed by atoms with Gasteiger partial charge in [0, 0.05) is 24.9 Å². The molecule has 2 aliphatic rings. The molecule has 1 amide bonds. The van der Waals surface area contributed by atoms with E-state index in [-0.39, 0.29) is 23.7 Å². The van der Waals surface area contributed by atoms with E-state index in [4.69, 9.17) is 4.74 Å². The Morgan fingerprint density at radius 1 is 0.929 bits per heavy atom. The van der Waals surface area contributed by atoms with Crippen molar-refractivity contribution in [3.8, 4) is 16.9 Å². The highest BCUT2D eigenvalue weighted by atomic mass is 16.6. The third-order valence-corrected chi connectivity index (χ3v) is 5.82. The lowest BCUT2D eigenvalue weighted by Gasteiger charge is -2.38. The van der Waals surface area contributed by atoms with Gasteiger partial charge in [0.25, 0.3) is 0 Å². The summed E-state index contributed by atoms with van der Waals surface area (Å²) >= 11 is 0. The molecule has 140 valence electrons. The maximum atomic E-state index is 12.5. The molecule has 28 heavy (non-hydrogen) atoms. The van der Waals surface area contributed by atoms with Crippen molar-refractivity contribution in [2.45, 2.75) is 11.8 Å². The second-order valence-corrected chi connectivity index (χ2v) is 7.50. The van der Waals surface area contributed by atoms with E-state index in [1.165, 1.54) is 22.3 Å². The van der Waals surface area contributed by atoms with Crippen LogP contribution in [0.15, 0.2) is 72.8 Å². The van der Waals surface area contributed by atoms with Crippen LogP contribution in [0.25, 0.3) is 11.1 Å². The standard InChI is InChI=1S/C24H21NO3/c26-18-7-5-6-16(12-18)17-13-25(14-17)24(27)28-15-23-21-10-3-1-8-19(21)20-9-2-4-11-22(20)23/h1-12,17,23,26H,13-15H2. The number of likely N-dealkylation sites (tertiary alicyclic amines) is 1. The largest absolute Gasteiger partial charge is 0.508 e. The van der Waals surface area contributed by atoms with Gasteiger partial charge >= 0.3 is 6.09 Å². The van der Waals surface area contributed by atoms with Crippen LogP contribution in [0.2, 0.25) is 0 Å². The minimum atomic E-state index is -0.265. The summed E-state index contributed by atoms with van der Waals surface area (Å²) in [7, 11) is 0. The third kappa shape index (κ3) is 2.82. The number of amides is 1. The summed E-state index contributed by atoms with van der Waals surface area (Å²) in [6.45, 7) is 1.60. The highest BCUT2D eigenvalue weighted by Gasteiger charge is 2.34. The number of nitrogens with zero attached hydrogens (tertiary/aromatic N) is 1. The molecule has 4 heteroatoms. The Labute approximate surface area is 164 Å². The zero-order valence-electron chi connectivity index (χ0n) is 15.4. The molecular formula is C24H21NO3. The van der Waals surface area contributed by atoms with Crippen LogP contribution in [-0.4, -0.2) is 35.8 Å². The van der Waals surface area contributed by atoms with E-state index < -0.39 is 0 Å². The molecule has 0 bridgehead atoms. The minimum Gasteiger partial charge on any atom is -0.508 e. The van der Waals surface area contributed by atoms with E-state index in [2.05, 4.69) is 24.3 Å². The number of aromatic hydroxyl groups is 1. The van der Waals surface area contributed by atoms with Crippen LogP contribution in [0.3, 0.4) is 0 Å². The predicted octanol–water partition coefficient (Wildman–Crippen LogP) is 4.74. The lowest BCUT2D eigenvalue weighted by Crippen LogP contribution is -2.48. The number of phenolic OH excluding ortho intramolecular Hbond substituents is 1. The summed E-state index contributed by atoms with van der Waals surface area (Å²) in [6, 6.07) is 23.9. The summed E-state index contributed by atoms with van der Waals surface area (Å²) in [5.41, 5.74) is 5.96. The van der Waals surface area contributed by atoms with E-state index in [1.54, 1.807) is 17.0 Å². The van der Waals surface area contributed by atoms with Crippen molar-refractivity contribution in [1.82, 2.24) is 4.90 Å². The van der Waals surface area contributed by atoms with Gasteiger partial charge in [-0.2, -0.15) is 0 Å². The van der Waals surface area contributed by atoms with Crippen LogP contribution >= 0.6 is 0 Å². The van der Waals surface area contributed by atoms with Crippen LogP contribution in [0.1, 0.15) is 28.5 Å².